The predicted molar refractivity (Wildman–Crippen MR) is 70.6 cm³/mol. The number of allylic oxidation sites excluding steroid dienone is 2. The summed E-state index contributed by atoms with van der Waals surface area (Å²) < 4.78 is 5.40. The standard InChI is InChI=1S/C14H18N2O/c1-10-6-11(7-15)12-4-3-5-14(17-2)13(12)9-16-8-10/h3-6,8,16H,7,9,15H2,1-2H3/b10-8-,11-6+. The molecule has 1 aromatic rings. The number of rotatable bonds is 2. The molecular weight excluding hydrogens is 212 g/mol. The fraction of sp³-hybridized carbons (Fsp3) is 0.286. The van der Waals surface area contributed by atoms with E-state index in [1.807, 2.05) is 18.3 Å². The van der Waals surface area contributed by atoms with Crippen LogP contribution in [0.25, 0.3) is 5.57 Å². The van der Waals surface area contributed by atoms with Crippen LogP contribution in [0.3, 0.4) is 0 Å². The van der Waals surface area contributed by atoms with Gasteiger partial charge in [-0.2, -0.15) is 0 Å². The zero-order valence-corrected chi connectivity index (χ0v) is 10.3. The number of ether oxygens (including phenoxy) is 1. The minimum atomic E-state index is 0.533. The molecule has 0 saturated carbocycles. The Labute approximate surface area is 102 Å². The van der Waals surface area contributed by atoms with Crippen LogP contribution in [0, 0.1) is 0 Å². The molecular formula is C14H18N2O. The molecule has 2 rings (SSSR count). The highest BCUT2D eigenvalue weighted by atomic mass is 16.5. The first kappa shape index (κ1) is 11.7. The summed E-state index contributed by atoms with van der Waals surface area (Å²) in [7, 11) is 1.70. The molecule has 90 valence electrons. The van der Waals surface area contributed by atoms with Gasteiger partial charge in [0.15, 0.2) is 0 Å². The van der Waals surface area contributed by atoms with Crippen molar-refractivity contribution < 1.29 is 4.74 Å². The van der Waals surface area contributed by atoms with Gasteiger partial charge in [0.05, 0.1) is 7.11 Å². The minimum Gasteiger partial charge on any atom is -0.496 e. The highest BCUT2D eigenvalue weighted by Gasteiger charge is 2.12. The lowest BCUT2D eigenvalue weighted by atomic mass is 9.96. The summed E-state index contributed by atoms with van der Waals surface area (Å²) in [5.74, 6) is 0.905. The molecule has 3 heteroatoms. The van der Waals surface area contributed by atoms with E-state index < -0.39 is 0 Å². The summed E-state index contributed by atoms with van der Waals surface area (Å²) in [6, 6.07) is 6.07. The van der Waals surface area contributed by atoms with Crippen molar-refractivity contribution >= 4 is 5.57 Å². The number of nitrogens with one attached hydrogen (secondary N) is 1. The van der Waals surface area contributed by atoms with Gasteiger partial charge in [-0.15, -0.1) is 0 Å². The van der Waals surface area contributed by atoms with E-state index in [2.05, 4.69) is 24.4 Å². The molecule has 0 bridgehead atoms. The van der Waals surface area contributed by atoms with E-state index in [9.17, 15) is 0 Å². The van der Waals surface area contributed by atoms with Crippen molar-refractivity contribution in [1.82, 2.24) is 5.32 Å². The molecule has 1 aromatic carbocycles. The van der Waals surface area contributed by atoms with E-state index in [0.717, 1.165) is 23.4 Å². The molecule has 0 unspecified atom stereocenters. The van der Waals surface area contributed by atoms with Gasteiger partial charge in [-0.1, -0.05) is 18.2 Å². The zero-order chi connectivity index (χ0) is 12.3. The third-order valence-electron chi connectivity index (χ3n) is 2.93. The smallest absolute Gasteiger partial charge is 0.124 e. The number of fused-ring (bicyclic) bond motifs is 1. The molecule has 0 aromatic heterocycles. The van der Waals surface area contributed by atoms with Crippen molar-refractivity contribution in [1.29, 1.82) is 0 Å². The van der Waals surface area contributed by atoms with Gasteiger partial charge < -0.3 is 15.8 Å². The molecule has 0 fully saturated rings. The molecule has 0 radical (unpaired) electrons. The van der Waals surface area contributed by atoms with Crippen molar-refractivity contribution in [3.63, 3.8) is 0 Å². The molecule has 0 aliphatic carbocycles. The maximum Gasteiger partial charge on any atom is 0.124 e. The van der Waals surface area contributed by atoms with Crippen LogP contribution in [-0.2, 0) is 6.54 Å². The summed E-state index contributed by atoms with van der Waals surface area (Å²) >= 11 is 0. The van der Waals surface area contributed by atoms with Crippen LogP contribution in [0.2, 0.25) is 0 Å². The summed E-state index contributed by atoms with van der Waals surface area (Å²) in [4.78, 5) is 0. The van der Waals surface area contributed by atoms with Gasteiger partial charge in [-0.25, -0.2) is 0 Å². The third-order valence-corrected chi connectivity index (χ3v) is 2.93. The van der Waals surface area contributed by atoms with Crippen molar-refractivity contribution in [2.45, 2.75) is 13.5 Å². The predicted octanol–water partition coefficient (Wildman–Crippen LogP) is 2.04. The Kier molecular flexibility index (Phi) is 3.49. The molecule has 0 saturated heterocycles. The van der Waals surface area contributed by atoms with Gasteiger partial charge in [0.25, 0.3) is 0 Å². The van der Waals surface area contributed by atoms with E-state index in [-0.39, 0.29) is 0 Å². The van der Waals surface area contributed by atoms with Crippen LogP contribution >= 0.6 is 0 Å². The van der Waals surface area contributed by atoms with E-state index in [1.165, 1.54) is 11.1 Å². The van der Waals surface area contributed by atoms with Gasteiger partial charge in [-0.3, -0.25) is 0 Å². The minimum absolute atomic E-state index is 0.533. The molecule has 0 amide bonds. The van der Waals surface area contributed by atoms with Gasteiger partial charge in [0.1, 0.15) is 5.75 Å². The second-order valence-corrected chi connectivity index (χ2v) is 4.13. The molecule has 1 aliphatic rings. The SMILES string of the molecule is COc1cccc2c1CN/C=C(C)\C=C\2CN. The van der Waals surface area contributed by atoms with Gasteiger partial charge >= 0.3 is 0 Å². The van der Waals surface area contributed by atoms with Crippen molar-refractivity contribution in [2.24, 2.45) is 5.73 Å². The topological polar surface area (TPSA) is 47.3 Å². The lowest BCUT2D eigenvalue weighted by Crippen LogP contribution is -2.14. The number of hydrogen-bond acceptors (Lipinski definition) is 3. The molecule has 17 heavy (non-hydrogen) atoms. The molecule has 1 aliphatic heterocycles. The van der Waals surface area contributed by atoms with Crippen LogP contribution in [0.1, 0.15) is 18.1 Å². The lowest BCUT2D eigenvalue weighted by molar-refractivity contribution is 0.408. The number of hydrogen-bond donors (Lipinski definition) is 2. The maximum absolute atomic E-state index is 5.84. The molecule has 0 spiro atoms. The summed E-state index contributed by atoms with van der Waals surface area (Å²) in [6.45, 7) is 3.35. The monoisotopic (exact) mass is 230 g/mol. The average Bonchev–Trinajstić information content (AvgIpc) is 2.34. The molecule has 1 heterocycles. The average molecular weight is 230 g/mol. The Balaban J connectivity index is 2.58. The third kappa shape index (κ3) is 2.34. The Morgan fingerprint density at radius 1 is 1.41 bits per heavy atom. The van der Waals surface area contributed by atoms with Crippen LogP contribution in [0.4, 0.5) is 0 Å². The highest BCUT2D eigenvalue weighted by Crippen LogP contribution is 2.28. The first-order valence-corrected chi connectivity index (χ1v) is 5.73. The van der Waals surface area contributed by atoms with Crippen LogP contribution in [0.15, 0.2) is 36.0 Å². The van der Waals surface area contributed by atoms with Gasteiger partial charge in [0.2, 0.25) is 0 Å². The normalized spacial score (nSPS) is 20.9. The van der Waals surface area contributed by atoms with E-state index >= 15 is 0 Å². The Morgan fingerprint density at radius 3 is 2.94 bits per heavy atom. The van der Waals surface area contributed by atoms with Crippen LogP contribution in [-0.4, -0.2) is 13.7 Å². The fourth-order valence-corrected chi connectivity index (χ4v) is 2.12. The Hall–Kier alpha value is -1.74. The van der Waals surface area contributed by atoms with E-state index in [1.54, 1.807) is 7.11 Å². The molecule has 3 nitrogen and oxygen atoms in total. The lowest BCUT2D eigenvalue weighted by Gasteiger charge is -2.18. The first-order valence-electron chi connectivity index (χ1n) is 5.73. The largest absolute Gasteiger partial charge is 0.496 e. The van der Waals surface area contributed by atoms with Gasteiger partial charge in [-0.05, 0) is 35.9 Å². The quantitative estimate of drug-likeness (QED) is 0.817. The maximum atomic E-state index is 5.84. The summed E-state index contributed by atoms with van der Waals surface area (Å²) in [6.07, 6.45) is 4.12. The molecule has 0 atom stereocenters. The van der Waals surface area contributed by atoms with Crippen LogP contribution < -0.4 is 15.8 Å². The van der Waals surface area contributed by atoms with Crippen molar-refractivity contribution in [2.75, 3.05) is 13.7 Å². The number of benzene rings is 1. The van der Waals surface area contributed by atoms with Crippen molar-refractivity contribution in [3.05, 3.63) is 47.2 Å². The van der Waals surface area contributed by atoms with Crippen LogP contribution in [0.5, 0.6) is 5.75 Å². The van der Waals surface area contributed by atoms with E-state index in [0.29, 0.717) is 6.54 Å². The summed E-state index contributed by atoms with van der Waals surface area (Å²) in [5, 5.41) is 3.29. The van der Waals surface area contributed by atoms with Crippen molar-refractivity contribution in [3.8, 4) is 5.75 Å². The number of nitrogens with two attached hydrogens (primary N) is 1. The highest BCUT2D eigenvalue weighted by molar-refractivity contribution is 5.73. The van der Waals surface area contributed by atoms with Gasteiger partial charge in [0, 0.05) is 18.7 Å². The Morgan fingerprint density at radius 2 is 2.24 bits per heavy atom. The fourth-order valence-electron chi connectivity index (χ4n) is 2.12. The second kappa shape index (κ2) is 5.06. The molecule has 3 N–H and O–H groups in total. The first-order chi connectivity index (χ1) is 8.26. The number of methoxy groups -OCH3 is 1. The van der Waals surface area contributed by atoms with E-state index in [4.69, 9.17) is 10.5 Å². The second-order valence-electron chi connectivity index (χ2n) is 4.13. The Bertz CT molecular complexity index is 475. The summed E-state index contributed by atoms with van der Waals surface area (Å²) in [5.41, 5.74) is 10.5. The zero-order valence-electron chi connectivity index (χ0n) is 10.3.